The van der Waals surface area contributed by atoms with Crippen molar-refractivity contribution in [3.05, 3.63) is 35.1 Å². The molecule has 0 aromatic heterocycles. The highest BCUT2D eigenvalue weighted by Gasteiger charge is 2.03. The molecule has 1 aromatic carbocycles. The molecule has 0 aliphatic carbocycles. The van der Waals surface area contributed by atoms with Crippen LogP contribution in [0.25, 0.3) is 0 Å². The van der Waals surface area contributed by atoms with Gasteiger partial charge in [-0.25, -0.2) is 4.39 Å². The summed E-state index contributed by atoms with van der Waals surface area (Å²) in [6.07, 6.45) is -0.659. The Morgan fingerprint density at radius 3 is 2.47 bits per heavy atom. The quantitative estimate of drug-likeness (QED) is 0.700. The first-order valence-corrected chi connectivity index (χ1v) is 4.96. The van der Waals surface area contributed by atoms with Crippen molar-refractivity contribution >= 4 is 0 Å². The van der Waals surface area contributed by atoms with Gasteiger partial charge in [-0.2, -0.15) is 0 Å². The minimum Gasteiger partial charge on any atom is -0.380 e. The van der Waals surface area contributed by atoms with Crippen LogP contribution in [-0.4, -0.2) is 11.2 Å². The van der Waals surface area contributed by atoms with Crippen molar-refractivity contribution < 1.29 is 9.50 Å². The molecule has 0 aliphatic rings. The Balaban J connectivity index is 2.89. The van der Waals surface area contributed by atoms with Crippen LogP contribution in [0, 0.1) is 30.5 Å². The fraction of sp³-hybridized carbons (Fsp3) is 0.385. The van der Waals surface area contributed by atoms with Crippen LogP contribution in [0.4, 0.5) is 4.39 Å². The highest BCUT2D eigenvalue weighted by atomic mass is 19.1. The number of halogens is 1. The van der Waals surface area contributed by atoms with E-state index in [0.717, 1.165) is 5.56 Å². The van der Waals surface area contributed by atoms with Gasteiger partial charge in [-0.1, -0.05) is 25.7 Å². The summed E-state index contributed by atoms with van der Waals surface area (Å²) in [4.78, 5) is 0. The van der Waals surface area contributed by atoms with E-state index in [1.165, 1.54) is 12.1 Å². The molecule has 0 amide bonds. The third-order valence-corrected chi connectivity index (χ3v) is 2.04. The Bertz CT molecular complexity index is 378. The van der Waals surface area contributed by atoms with E-state index in [9.17, 15) is 9.50 Å². The Kier molecular flexibility index (Phi) is 3.88. The van der Waals surface area contributed by atoms with Gasteiger partial charge < -0.3 is 5.11 Å². The number of hydrogen-bond donors (Lipinski definition) is 1. The van der Waals surface area contributed by atoms with E-state index in [2.05, 4.69) is 11.8 Å². The van der Waals surface area contributed by atoms with Crippen LogP contribution in [0.3, 0.4) is 0 Å². The molecular formula is C13H15FO. The van der Waals surface area contributed by atoms with Crippen molar-refractivity contribution in [2.75, 3.05) is 0 Å². The Morgan fingerprint density at radius 1 is 1.27 bits per heavy atom. The second-order valence-electron chi connectivity index (χ2n) is 3.98. The second-order valence-corrected chi connectivity index (χ2v) is 3.98. The van der Waals surface area contributed by atoms with Gasteiger partial charge >= 0.3 is 0 Å². The minimum absolute atomic E-state index is 0.0900. The molecule has 1 N–H and O–H groups in total. The maximum atomic E-state index is 13.0. The van der Waals surface area contributed by atoms with Gasteiger partial charge in [0.05, 0.1) is 0 Å². The average molecular weight is 206 g/mol. The van der Waals surface area contributed by atoms with Crippen molar-refractivity contribution in [2.24, 2.45) is 5.92 Å². The lowest BCUT2D eigenvalue weighted by molar-refractivity contribution is 0.181. The number of benzene rings is 1. The summed E-state index contributed by atoms with van der Waals surface area (Å²) in [7, 11) is 0. The van der Waals surface area contributed by atoms with E-state index in [0.29, 0.717) is 5.56 Å². The molecule has 0 saturated heterocycles. The van der Waals surface area contributed by atoms with Crippen molar-refractivity contribution in [1.29, 1.82) is 0 Å². The zero-order chi connectivity index (χ0) is 11.4. The summed E-state index contributed by atoms with van der Waals surface area (Å²) in [5, 5.41) is 9.46. The van der Waals surface area contributed by atoms with Crippen LogP contribution >= 0.6 is 0 Å². The van der Waals surface area contributed by atoms with Crippen LogP contribution < -0.4 is 0 Å². The first-order valence-electron chi connectivity index (χ1n) is 4.96. The lowest BCUT2D eigenvalue weighted by Crippen LogP contribution is -2.11. The van der Waals surface area contributed by atoms with E-state index in [1.54, 1.807) is 6.07 Å². The largest absolute Gasteiger partial charge is 0.380 e. The molecule has 15 heavy (non-hydrogen) atoms. The molecule has 0 spiro atoms. The van der Waals surface area contributed by atoms with Crippen LogP contribution in [0.2, 0.25) is 0 Å². The van der Waals surface area contributed by atoms with Crippen LogP contribution in [0.1, 0.15) is 25.0 Å². The highest BCUT2D eigenvalue weighted by Crippen LogP contribution is 2.07. The third-order valence-electron chi connectivity index (χ3n) is 2.04. The lowest BCUT2D eigenvalue weighted by atomic mass is 10.1. The fourth-order valence-electron chi connectivity index (χ4n) is 1.13. The SMILES string of the molecule is Cc1cc(F)cc(C#CC(O)C(C)C)c1. The maximum Gasteiger partial charge on any atom is 0.124 e. The van der Waals surface area contributed by atoms with Crippen molar-refractivity contribution in [2.45, 2.75) is 26.9 Å². The van der Waals surface area contributed by atoms with Crippen LogP contribution in [0.5, 0.6) is 0 Å². The molecule has 1 nitrogen and oxygen atoms in total. The number of aliphatic hydroxyl groups is 1. The number of hydrogen-bond acceptors (Lipinski definition) is 1. The summed E-state index contributed by atoms with van der Waals surface area (Å²) in [5.41, 5.74) is 1.44. The topological polar surface area (TPSA) is 20.2 Å². The van der Waals surface area contributed by atoms with Crippen LogP contribution in [-0.2, 0) is 0 Å². The molecule has 1 unspecified atom stereocenters. The molecular weight excluding hydrogens is 191 g/mol. The molecule has 0 radical (unpaired) electrons. The van der Waals surface area contributed by atoms with Gasteiger partial charge in [0.25, 0.3) is 0 Å². The summed E-state index contributed by atoms with van der Waals surface area (Å²) >= 11 is 0. The van der Waals surface area contributed by atoms with E-state index in [1.807, 2.05) is 20.8 Å². The molecule has 0 saturated carbocycles. The highest BCUT2D eigenvalue weighted by molar-refractivity contribution is 5.37. The molecule has 1 rings (SSSR count). The van der Waals surface area contributed by atoms with E-state index in [-0.39, 0.29) is 11.7 Å². The van der Waals surface area contributed by atoms with Crippen molar-refractivity contribution in [3.63, 3.8) is 0 Å². The smallest absolute Gasteiger partial charge is 0.124 e. The van der Waals surface area contributed by atoms with Gasteiger partial charge in [0, 0.05) is 5.56 Å². The van der Waals surface area contributed by atoms with E-state index in [4.69, 9.17) is 0 Å². The van der Waals surface area contributed by atoms with Gasteiger partial charge in [-0.15, -0.1) is 0 Å². The van der Waals surface area contributed by atoms with Crippen LogP contribution in [0.15, 0.2) is 18.2 Å². The Morgan fingerprint density at radius 2 is 1.93 bits per heavy atom. The predicted octanol–water partition coefficient (Wildman–Crippen LogP) is 2.50. The predicted molar refractivity (Wildman–Crippen MR) is 58.9 cm³/mol. The van der Waals surface area contributed by atoms with E-state index >= 15 is 0 Å². The molecule has 0 fully saturated rings. The summed E-state index contributed by atoms with van der Waals surface area (Å²) in [6, 6.07) is 4.61. The second kappa shape index (κ2) is 4.95. The summed E-state index contributed by atoms with van der Waals surface area (Å²) in [6.45, 7) is 5.58. The summed E-state index contributed by atoms with van der Waals surface area (Å²) in [5.74, 6) is 5.26. The third kappa shape index (κ3) is 3.73. The normalized spacial score (nSPS) is 12.1. The number of aryl methyl sites for hydroxylation is 1. The lowest BCUT2D eigenvalue weighted by Gasteiger charge is -2.05. The van der Waals surface area contributed by atoms with Crippen molar-refractivity contribution in [1.82, 2.24) is 0 Å². The van der Waals surface area contributed by atoms with Gasteiger partial charge in [-0.05, 0) is 36.6 Å². The average Bonchev–Trinajstić information content (AvgIpc) is 2.12. The Hall–Kier alpha value is -1.33. The molecule has 1 aromatic rings. The maximum absolute atomic E-state index is 13.0. The summed E-state index contributed by atoms with van der Waals surface area (Å²) < 4.78 is 13.0. The van der Waals surface area contributed by atoms with Gasteiger partial charge in [-0.3, -0.25) is 0 Å². The molecule has 1 atom stereocenters. The molecule has 0 bridgehead atoms. The first kappa shape index (κ1) is 11.7. The number of aliphatic hydroxyl groups excluding tert-OH is 1. The van der Waals surface area contributed by atoms with Gasteiger partial charge in [0.1, 0.15) is 11.9 Å². The molecule has 2 heteroatoms. The fourth-order valence-corrected chi connectivity index (χ4v) is 1.13. The zero-order valence-corrected chi connectivity index (χ0v) is 9.21. The van der Waals surface area contributed by atoms with Gasteiger partial charge in [0.2, 0.25) is 0 Å². The van der Waals surface area contributed by atoms with E-state index < -0.39 is 6.10 Å². The standard InChI is InChI=1S/C13H15FO/c1-9(2)13(15)5-4-11-6-10(3)7-12(14)8-11/h6-9,13,15H,1-3H3. The first-order chi connectivity index (χ1) is 6.99. The molecule has 0 aliphatic heterocycles. The van der Waals surface area contributed by atoms with Crippen molar-refractivity contribution in [3.8, 4) is 11.8 Å². The monoisotopic (exact) mass is 206 g/mol. The Labute approximate surface area is 89.9 Å². The minimum atomic E-state index is -0.659. The zero-order valence-electron chi connectivity index (χ0n) is 9.21. The molecule has 80 valence electrons. The van der Waals surface area contributed by atoms with Gasteiger partial charge in [0.15, 0.2) is 0 Å². The molecule has 0 heterocycles. The number of rotatable bonds is 1.